The monoisotopic (exact) mass is 244 g/mol. The molecule has 0 spiro atoms. The summed E-state index contributed by atoms with van der Waals surface area (Å²) in [5, 5.41) is 2.98. The predicted octanol–water partition coefficient (Wildman–Crippen LogP) is 1.54. The first-order valence-corrected chi connectivity index (χ1v) is 6.30. The summed E-state index contributed by atoms with van der Waals surface area (Å²) >= 11 is 0. The first-order valence-electron chi connectivity index (χ1n) is 6.30. The fourth-order valence-corrected chi connectivity index (χ4v) is 2.02. The first-order chi connectivity index (χ1) is 7.80. The van der Waals surface area contributed by atoms with Gasteiger partial charge in [0.1, 0.15) is 0 Å². The molecular weight excluding hydrogens is 216 g/mol. The van der Waals surface area contributed by atoms with Crippen molar-refractivity contribution in [2.45, 2.75) is 46.1 Å². The standard InChI is InChI=1S/C13H28N2O2/c1-10(2)6-11(8-14)7-12(16)15-13(3,4)9-17-5/h10-11H,6-9,14H2,1-5H3,(H,15,16). The zero-order chi connectivity index (χ0) is 13.5. The van der Waals surface area contributed by atoms with Crippen LogP contribution < -0.4 is 11.1 Å². The van der Waals surface area contributed by atoms with E-state index < -0.39 is 0 Å². The Morgan fingerprint density at radius 1 is 1.41 bits per heavy atom. The second kappa shape index (κ2) is 7.67. The smallest absolute Gasteiger partial charge is 0.220 e. The largest absolute Gasteiger partial charge is 0.382 e. The van der Waals surface area contributed by atoms with E-state index in [0.717, 1.165) is 6.42 Å². The van der Waals surface area contributed by atoms with Crippen LogP contribution in [-0.2, 0) is 9.53 Å². The van der Waals surface area contributed by atoms with E-state index >= 15 is 0 Å². The van der Waals surface area contributed by atoms with Crippen molar-refractivity contribution >= 4 is 5.91 Å². The molecule has 0 aromatic heterocycles. The van der Waals surface area contributed by atoms with Crippen molar-refractivity contribution < 1.29 is 9.53 Å². The van der Waals surface area contributed by atoms with Crippen LogP contribution >= 0.6 is 0 Å². The van der Waals surface area contributed by atoms with Crippen LogP contribution in [0.1, 0.15) is 40.5 Å². The number of carbonyl (C=O) groups excluding carboxylic acids is 1. The minimum Gasteiger partial charge on any atom is -0.382 e. The average Bonchev–Trinajstić information content (AvgIpc) is 2.14. The predicted molar refractivity (Wildman–Crippen MR) is 70.7 cm³/mol. The summed E-state index contributed by atoms with van der Waals surface area (Å²) in [6.07, 6.45) is 1.50. The van der Waals surface area contributed by atoms with Gasteiger partial charge in [-0.2, -0.15) is 0 Å². The average molecular weight is 244 g/mol. The van der Waals surface area contributed by atoms with Gasteiger partial charge in [0, 0.05) is 13.5 Å². The maximum atomic E-state index is 11.9. The zero-order valence-corrected chi connectivity index (χ0v) is 11.9. The van der Waals surface area contributed by atoms with E-state index in [2.05, 4.69) is 19.2 Å². The third-order valence-corrected chi connectivity index (χ3v) is 2.60. The minimum atomic E-state index is -0.317. The molecule has 0 saturated carbocycles. The van der Waals surface area contributed by atoms with Crippen molar-refractivity contribution in [3.8, 4) is 0 Å². The Hall–Kier alpha value is -0.610. The maximum absolute atomic E-state index is 11.9. The fraction of sp³-hybridized carbons (Fsp3) is 0.923. The molecule has 0 saturated heterocycles. The van der Waals surface area contributed by atoms with Crippen LogP contribution in [0.15, 0.2) is 0 Å². The van der Waals surface area contributed by atoms with Crippen LogP contribution in [0.5, 0.6) is 0 Å². The highest BCUT2D eigenvalue weighted by Gasteiger charge is 2.22. The quantitative estimate of drug-likeness (QED) is 0.680. The van der Waals surface area contributed by atoms with Gasteiger partial charge in [0.2, 0.25) is 5.91 Å². The van der Waals surface area contributed by atoms with E-state index in [1.807, 2.05) is 13.8 Å². The van der Waals surface area contributed by atoms with Gasteiger partial charge in [-0.3, -0.25) is 4.79 Å². The fourth-order valence-electron chi connectivity index (χ4n) is 2.02. The Morgan fingerprint density at radius 3 is 2.41 bits per heavy atom. The van der Waals surface area contributed by atoms with Crippen molar-refractivity contribution in [1.29, 1.82) is 0 Å². The number of methoxy groups -OCH3 is 1. The summed E-state index contributed by atoms with van der Waals surface area (Å²) in [5.74, 6) is 0.903. The molecule has 0 aromatic rings. The number of nitrogens with two attached hydrogens (primary N) is 1. The third-order valence-electron chi connectivity index (χ3n) is 2.60. The number of ether oxygens (including phenoxy) is 1. The molecule has 1 atom stereocenters. The molecule has 0 aliphatic rings. The lowest BCUT2D eigenvalue weighted by Crippen LogP contribution is -2.47. The van der Waals surface area contributed by atoms with Gasteiger partial charge in [-0.05, 0) is 38.6 Å². The van der Waals surface area contributed by atoms with Crippen molar-refractivity contribution in [3.05, 3.63) is 0 Å². The summed E-state index contributed by atoms with van der Waals surface area (Å²) in [4.78, 5) is 11.9. The Labute approximate surface area is 105 Å². The van der Waals surface area contributed by atoms with Gasteiger partial charge in [0.15, 0.2) is 0 Å². The van der Waals surface area contributed by atoms with Gasteiger partial charge in [0.05, 0.1) is 12.1 Å². The Kier molecular flexibility index (Phi) is 7.39. The van der Waals surface area contributed by atoms with E-state index in [0.29, 0.717) is 25.5 Å². The molecule has 1 amide bonds. The highest BCUT2D eigenvalue weighted by molar-refractivity contribution is 5.77. The summed E-state index contributed by atoms with van der Waals surface area (Å²) in [6, 6.07) is 0. The Morgan fingerprint density at radius 2 is 2.00 bits per heavy atom. The normalized spacial score (nSPS) is 13.8. The Bertz CT molecular complexity index is 227. The molecule has 0 aromatic carbocycles. The molecular formula is C13H28N2O2. The van der Waals surface area contributed by atoms with Crippen LogP contribution in [0.2, 0.25) is 0 Å². The van der Waals surface area contributed by atoms with Gasteiger partial charge < -0.3 is 15.8 Å². The van der Waals surface area contributed by atoms with E-state index in [4.69, 9.17) is 10.5 Å². The van der Waals surface area contributed by atoms with Crippen LogP contribution in [-0.4, -0.2) is 31.7 Å². The number of hydrogen-bond acceptors (Lipinski definition) is 3. The number of amides is 1. The topological polar surface area (TPSA) is 64.3 Å². The number of nitrogens with one attached hydrogen (secondary N) is 1. The summed E-state index contributed by atoms with van der Waals surface area (Å²) in [7, 11) is 1.63. The van der Waals surface area contributed by atoms with Gasteiger partial charge in [0.25, 0.3) is 0 Å². The maximum Gasteiger partial charge on any atom is 0.220 e. The first kappa shape index (κ1) is 16.4. The van der Waals surface area contributed by atoms with Gasteiger partial charge in [-0.25, -0.2) is 0 Å². The van der Waals surface area contributed by atoms with Gasteiger partial charge in [-0.1, -0.05) is 13.8 Å². The van der Waals surface area contributed by atoms with E-state index in [9.17, 15) is 4.79 Å². The molecule has 4 nitrogen and oxygen atoms in total. The second-order valence-electron chi connectivity index (χ2n) is 5.80. The van der Waals surface area contributed by atoms with E-state index in [-0.39, 0.29) is 17.4 Å². The van der Waals surface area contributed by atoms with Crippen LogP contribution in [0, 0.1) is 11.8 Å². The highest BCUT2D eigenvalue weighted by Crippen LogP contribution is 2.15. The van der Waals surface area contributed by atoms with Crippen LogP contribution in [0.25, 0.3) is 0 Å². The van der Waals surface area contributed by atoms with Crippen molar-refractivity contribution in [2.24, 2.45) is 17.6 Å². The molecule has 0 heterocycles. The molecule has 17 heavy (non-hydrogen) atoms. The molecule has 0 fully saturated rings. The zero-order valence-electron chi connectivity index (χ0n) is 11.9. The molecule has 102 valence electrons. The van der Waals surface area contributed by atoms with Crippen molar-refractivity contribution in [2.75, 3.05) is 20.3 Å². The molecule has 4 heteroatoms. The summed E-state index contributed by atoms with van der Waals surface area (Å²) in [5.41, 5.74) is 5.37. The van der Waals surface area contributed by atoms with Crippen LogP contribution in [0.4, 0.5) is 0 Å². The third kappa shape index (κ3) is 8.16. The van der Waals surface area contributed by atoms with Crippen molar-refractivity contribution in [1.82, 2.24) is 5.32 Å². The van der Waals surface area contributed by atoms with Crippen LogP contribution in [0.3, 0.4) is 0 Å². The minimum absolute atomic E-state index is 0.0585. The SMILES string of the molecule is COCC(C)(C)NC(=O)CC(CN)CC(C)C. The summed E-state index contributed by atoms with van der Waals surface area (Å²) < 4.78 is 5.06. The molecule has 1 unspecified atom stereocenters. The number of carbonyl (C=O) groups is 1. The molecule has 0 aliphatic heterocycles. The van der Waals surface area contributed by atoms with Crippen molar-refractivity contribution in [3.63, 3.8) is 0 Å². The lowest BCUT2D eigenvalue weighted by molar-refractivity contribution is -0.124. The molecule has 3 N–H and O–H groups in total. The molecule has 0 bridgehead atoms. The molecule has 0 radical (unpaired) electrons. The highest BCUT2D eigenvalue weighted by atomic mass is 16.5. The lowest BCUT2D eigenvalue weighted by Gasteiger charge is -2.26. The van der Waals surface area contributed by atoms with Gasteiger partial charge in [-0.15, -0.1) is 0 Å². The number of hydrogen-bond donors (Lipinski definition) is 2. The molecule has 0 aliphatic carbocycles. The van der Waals surface area contributed by atoms with E-state index in [1.54, 1.807) is 7.11 Å². The molecule has 0 rings (SSSR count). The Balaban J connectivity index is 4.14. The second-order valence-corrected chi connectivity index (χ2v) is 5.80. The van der Waals surface area contributed by atoms with Gasteiger partial charge >= 0.3 is 0 Å². The summed E-state index contributed by atoms with van der Waals surface area (Å²) in [6.45, 7) is 9.28. The van der Waals surface area contributed by atoms with E-state index in [1.165, 1.54) is 0 Å². The number of rotatable bonds is 8. The lowest BCUT2D eigenvalue weighted by atomic mass is 9.93.